The van der Waals surface area contributed by atoms with Crippen LogP contribution in [0.1, 0.15) is 48.7 Å². The van der Waals surface area contributed by atoms with Gasteiger partial charge in [-0.2, -0.15) is 5.10 Å². The third-order valence-electron chi connectivity index (χ3n) is 7.37. The summed E-state index contributed by atoms with van der Waals surface area (Å²) in [6, 6.07) is 11.8. The van der Waals surface area contributed by atoms with Crippen molar-refractivity contribution in [1.82, 2.24) is 24.6 Å². The number of fused-ring (bicyclic) bond motifs is 1. The zero-order chi connectivity index (χ0) is 23.8. The summed E-state index contributed by atoms with van der Waals surface area (Å²) in [6.45, 7) is 7.09. The van der Waals surface area contributed by atoms with Crippen molar-refractivity contribution in [3.8, 4) is 11.3 Å². The molecule has 5 rings (SSSR count). The van der Waals surface area contributed by atoms with Crippen molar-refractivity contribution in [3.63, 3.8) is 0 Å². The van der Waals surface area contributed by atoms with Gasteiger partial charge in [-0.15, -0.1) is 0 Å². The zero-order valence-corrected chi connectivity index (χ0v) is 20.3. The summed E-state index contributed by atoms with van der Waals surface area (Å²) >= 11 is 0. The number of carbonyl (C=O) groups excluding carboxylic acids is 2. The van der Waals surface area contributed by atoms with Crippen molar-refractivity contribution in [1.29, 1.82) is 0 Å². The average molecular weight is 460 g/mol. The van der Waals surface area contributed by atoms with Crippen molar-refractivity contribution >= 4 is 22.8 Å². The molecular formula is C27H33N5O2. The maximum Gasteiger partial charge on any atom is 0.254 e. The summed E-state index contributed by atoms with van der Waals surface area (Å²) in [6.07, 6.45) is 3.74. The fraction of sp³-hybridized carbons (Fsp3) is 0.481. The molecule has 2 aromatic heterocycles. The lowest BCUT2D eigenvalue weighted by Gasteiger charge is -2.37. The summed E-state index contributed by atoms with van der Waals surface area (Å²) < 4.78 is 1.75. The summed E-state index contributed by atoms with van der Waals surface area (Å²) in [5, 5.41) is 5.35. The molecule has 0 bridgehead atoms. The van der Waals surface area contributed by atoms with Gasteiger partial charge < -0.3 is 9.80 Å². The van der Waals surface area contributed by atoms with Crippen molar-refractivity contribution in [2.24, 2.45) is 18.9 Å². The molecule has 1 unspecified atom stereocenters. The van der Waals surface area contributed by atoms with E-state index in [0.717, 1.165) is 54.7 Å². The molecule has 2 saturated heterocycles. The van der Waals surface area contributed by atoms with Gasteiger partial charge in [0.15, 0.2) is 5.65 Å². The van der Waals surface area contributed by atoms with Gasteiger partial charge in [0.2, 0.25) is 5.91 Å². The Labute approximate surface area is 200 Å². The van der Waals surface area contributed by atoms with Gasteiger partial charge in [-0.05, 0) is 44.6 Å². The van der Waals surface area contributed by atoms with E-state index in [1.54, 1.807) is 4.68 Å². The molecule has 2 aliphatic heterocycles. The number of hydrogen-bond donors (Lipinski definition) is 0. The Kier molecular flexibility index (Phi) is 6.11. The van der Waals surface area contributed by atoms with Gasteiger partial charge in [0.05, 0.1) is 22.3 Å². The second-order valence-electron chi connectivity index (χ2n) is 9.93. The predicted octanol–water partition coefficient (Wildman–Crippen LogP) is 4.05. The Morgan fingerprint density at radius 3 is 2.44 bits per heavy atom. The van der Waals surface area contributed by atoms with Gasteiger partial charge >= 0.3 is 0 Å². The Morgan fingerprint density at radius 1 is 1.00 bits per heavy atom. The minimum absolute atomic E-state index is 0.00169. The number of hydrogen-bond acceptors (Lipinski definition) is 4. The third kappa shape index (κ3) is 4.19. The number of likely N-dealkylation sites (tertiary alicyclic amines) is 2. The summed E-state index contributed by atoms with van der Waals surface area (Å²) in [5.74, 6) is 0.874. The van der Waals surface area contributed by atoms with Crippen molar-refractivity contribution in [2.75, 3.05) is 26.2 Å². The lowest BCUT2D eigenvalue weighted by molar-refractivity contribution is -0.138. The Morgan fingerprint density at radius 2 is 1.74 bits per heavy atom. The van der Waals surface area contributed by atoms with Crippen LogP contribution in [-0.4, -0.2) is 62.6 Å². The molecule has 4 heterocycles. The summed E-state index contributed by atoms with van der Waals surface area (Å²) in [7, 11) is 1.86. The van der Waals surface area contributed by atoms with Gasteiger partial charge in [-0.1, -0.05) is 37.3 Å². The van der Waals surface area contributed by atoms with Gasteiger partial charge in [-0.25, -0.2) is 4.98 Å². The molecule has 0 N–H and O–H groups in total. The molecule has 0 saturated carbocycles. The van der Waals surface area contributed by atoms with Crippen LogP contribution in [0.4, 0.5) is 0 Å². The molecule has 7 heteroatoms. The number of aryl methyl sites for hydroxylation is 2. The van der Waals surface area contributed by atoms with Gasteiger partial charge in [0.25, 0.3) is 5.91 Å². The molecule has 2 fully saturated rings. The minimum Gasteiger partial charge on any atom is -0.342 e. The second kappa shape index (κ2) is 9.20. The maximum atomic E-state index is 13.7. The topological polar surface area (TPSA) is 71.3 Å². The van der Waals surface area contributed by atoms with Crippen LogP contribution in [-0.2, 0) is 11.8 Å². The first kappa shape index (κ1) is 22.6. The van der Waals surface area contributed by atoms with E-state index in [0.29, 0.717) is 30.2 Å². The highest BCUT2D eigenvalue weighted by Gasteiger charge is 2.33. The molecular weight excluding hydrogens is 426 g/mol. The average Bonchev–Trinajstić information content (AvgIpc) is 3.16. The molecule has 0 spiro atoms. The number of benzene rings is 1. The molecule has 3 aromatic rings. The Balaban J connectivity index is 1.38. The standard InChI is InChI=1S/C27H33N5O2/c1-18-8-7-13-32(17-18)26(33)21-11-14-31(15-12-21)27(34)22-16-23(20-9-5-4-6-10-20)28-25-24(22)19(2)29-30(25)3/h4-6,9-10,16,18,21H,7-8,11-15,17H2,1-3H3. The highest BCUT2D eigenvalue weighted by Crippen LogP contribution is 2.30. The number of carbonyl (C=O) groups is 2. The fourth-order valence-electron chi connectivity index (χ4n) is 5.52. The number of piperidine rings is 2. The van der Waals surface area contributed by atoms with E-state index in [2.05, 4.69) is 12.0 Å². The van der Waals surface area contributed by atoms with Gasteiger partial charge in [-0.3, -0.25) is 14.3 Å². The monoisotopic (exact) mass is 459 g/mol. The van der Waals surface area contributed by atoms with E-state index in [-0.39, 0.29) is 17.7 Å². The molecule has 0 aliphatic carbocycles. The molecule has 178 valence electrons. The van der Waals surface area contributed by atoms with Crippen LogP contribution in [0.25, 0.3) is 22.3 Å². The minimum atomic E-state index is -0.00169. The second-order valence-corrected chi connectivity index (χ2v) is 9.93. The number of nitrogens with zero attached hydrogens (tertiary/aromatic N) is 5. The van der Waals surface area contributed by atoms with Crippen LogP contribution in [0, 0.1) is 18.8 Å². The quantitative estimate of drug-likeness (QED) is 0.592. The first-order valence-electron chi connectivity index (χ1n) is 12.4. The summed E-state index contributed by atoms with van der Waals surface area (Å²) in [4.78, 5) is 35.6. The van der Waals surface area contributed by atoms with E-state index < -0.39 is 0 Å². The molecule has 2 aliphatic rings. The smallest absolute Gasteiger partial charge is 0.254 e. The molecule has 34 heavy (non-hydrogen) atoms. The zero-order valence-electron chi connectivity index (χ0n) is 20.3. The summed E-state index contributed by atoms with van der Waals surface area (Å²) in [5.41, 5.74) is 3.90. The Bertz CT molecular complexity index is 1210. The lowest BCUT2D eigenvalue weighted by atomic mass is 9.92. The van der Waals surface area contributed by atoms with Crippen molar-refractivity contribution < 1.29 is 9.59 Å². The first-order valence-corrected chi connectivity index (χ1v) is 12.4. The van der Waals surface area contributed by atoms with Crippen molar-refractivity contribution in [3.05, 3.63) is 47.7 Å². The van der Waals surface area contributed by atoms with Crippen LogP contribution in [0.5, 0.6) is 0 Å². The van der Waals surface area contributed by atoms with Crippen LogP contribution in [0.2, 0.25) is 0 Å². The van der Waals surface area contributed by atoms with E-state index in [1.165, 1.54) is 6.42 Å². The number of amides is 2. The van der Waals surface area contributed by atoms with Gasteiger partial charge in [0.1, 0.15) is 0 Å². The molecule has 0 radical (unpaired) electrons. The Hall–Kier alpha value is -3.22. The molecule has 1 aromatic carbocycles. The number of aromatic nitrogens is 3. The first-order chi connectivity index (χ1) is 16.4. The third-order valence-corrected chi connectivity index (χ3v) is 7.37. The van der Waals surface area contributed by atoms with E-state index in [1.807, 2.05) is 60.2 Å². The van der Waals surface area contributed by atoms with Crippen molar-refractivity contribution in [2.45, 2.75) is 39.5 Å². The number of rotatable bonds is 3. The largest absolute Gasteiger partial charge is 0.342 e. The maximum absolute atomic E-state index is 13.7. The highest BCUT2D eigenvalue weighted by atomic mass is 16.2. The normalized spacial score (nSPS) is 19.6. The van der Waals surface area contributed by atoms with Crippen LogP contribution >= 0.6 is 0 Å². The molecule has 1 atom stereocenters. The van der Waals surface area contributed by atoms with Crippen LogP contribution < -0.4 is 0 Å². The van der Waals surface area contributed by atoms with Crippen LogP contribution in [0.15, 0.2) is 36.4 Å². The van der Waals surface area contributed by atoms with Crippen LogP contribution in [0.3, 0.4) is 0 Å². The molecule has 2 amide bonds. The van der Waals surface area contributed by atoms with E-state index in [4.69, 9.17) is 4.98 Å². The predicted molar refractivity (Wildman–Crippen MR) is 132 cm³/mol. The van der Waals surface area contributed by atoms with Gasteiger partial charge in [0, 0.05) is 44.7 Å². The number of pyridine rings is 1. The van der Waals surface area contributed by atoms with E-state index in [9.17, 15) is 9.59 Å². The lowest BCUT2D eigenvalue weighted by Crippen LogP contribution is -2.47. The molecule has 7 nitrogen and oxygen atoms in total. The SMILES string of the molecule is Cc1nn(C)c2nc(-c3ccccc3)cc(C(=O)N3CCC(C(=O)N4CCCC(C)C4)CC3)c12. The fourth-order valence-corrected chi connectivity index (χ4v) is 5.52. The van der Waals surface area contributed by atoms with E-state index >= 15 is 0 Å². The highest BCUT2D eigenvalue weighted by molar-refractivity contribution is 6.07.